The average Bonchev–Trinajstić information content (AvgIpc) is 2.74. The molecule has 0 saturated carbocycles. The number of nitrogens with two attached hydrogens (primary N) is 1. The summed E-state index contributed by atoms with van der Waals surface area (Å²) in [4.78, 5) is 1.25. The van der Waals surface area contributed by atoms with Crippen LogP contribution in [0.2, 0.25) is 0 Å². The van der Waals surface area contributed by atoms with Crippen LogP contribution in [0.15, 0.2) is 88.2 Å². The molecule has 4 N–H and O–H groups in total. The summed E-state index contributed by atoms with van der Waals surface area (Å²) >= 11 is 5.31. The Morgan fingerprint density at radius 2 is 1.79 bits per heavy atom. The third-order valence-electron chi connectivity index (χ3n) is 4.96. The standard InChI is InChI=1S/C23H21BrN2OS/c1-28-18-11-9-15(10-12-18)23-25-20(16-5-4-6-17(24)13-16)14-21(26-23)19-7-2-3-8-22(19)27/h2-14,21,23,25-27H,1H3/p+1. The summed E-state index contributed by atoms with van der Waals surface area (Å²) in [6, 6.07) is 24.5. The molecule has 1 aliphatic heterocycles. The fraction of sp³-hybridized carbons (Fsp3) is 0.130. The molecule has 0 spiro atoms. The molecule has 4 rings (SSSR count). The summed E-state index contributed by atoms with van der Waals surface area (Å²) in [5.41, 5.74) is 4.31. The number of para-hydroxylation sites is 1. The van der Waals surface area contributed by atoms with Gasteiger partial charge in [0.1, 0.15) is 11.8 Å². The Bertz CT molecular complexity index is 1000. The van der Waals surface area contributed by atoms with E-state index in [2.05, 4.69) is 75.3 Å². The lowest BCUT2D eigenvalue weighted by Gasteiger charge is -2.30. The number of thioether (sulfide) groups is 1. The first-order valence-electron chi connectivity index (χ1n) is 9.15. The van der Waals surface area contributed by atoms with Crippen molar-refractivity contribution in [3.63, 3.8) is 0 Å². The van der Waals surface area contributed by atoms with Crippen molar-refractivity contribution in [3.8, 4) is 5.75 Å². The zero-order valence-electron chi connectivity index (χ0n) is 15.5. The van der Waals surface area contributed by atoms with Crippen LogP contribution in [0.4, 0.5) is 0 Å². The topological polar surface area (TPSA) is 48.9 Å². The number of rotatable bonds is 4. The van der Waals surface area contributed by atoms with Gasteiger partial charge in [-0.05, 0) is 60.4 Å². The molecule has 3 nitrogen and oxygen atoms in total. The van der Waals surface area contributed by atoms with Crippen molar-refractivity contribution >= 4 is 33.4 Å². The van der Waals surface area contributed by atoms with E-state index in [0.717, 1.165) is 21.3 Å². The van der Waals surface area contributed by atoms with E-state index >= 15 is 0 Å². The third-order valence-corrected chi connectivity index (χ3v) is 6.20. The minimum absolute atomic E-state index is 0.0154. The normalized spacial score (nSPS) is 19.0. The second-order valence-corrected chi connectivity index (χ2v) is 8.56. The summed E-state index contributed by atoms with van der Waals surface area (Å²) in [6.07, 6.45) is 4.32. The molecule has 3 aromatic carbocycles. The highest BCUT2D eigenvalue weighted by Gasteiger charge is 2.29. The maximum Gasteiger partial charge on any atom is 0.186 e. The van der Waals surface area contributed by atoms with E-state index in [9.17, 15) is 5.11 Å². The zero-order valence-corrected chi connectivity index (χ0v) is 17.9. The van der Waals surface area contributed by atoms with Crippen molar-refractivity contribution in [2.24, 2.45) is 0 Å². The molecule has 142 valence electrons. The van der Waals surface area contributed by atoms with Gasteiger partial charge >= 0.3 is 0 Å². The van der Waals surface area contributed by atoms with Gasteiger partial charge in [0.15, 0.2) is 6.17 Å². The summed E-state index contributed by atoms with van der Waals surface area (Å²) in [5, 5.41) is 16.3. The molecule has 3 aromatic rings. The lowest BCUT2D eigenvalue weighted by atomic mass is 9.98. The Morgan fingerprint density at radius 1 is 1.00 bits per heavy atom. The molecule has 0 radical (unpaired) electrons. The van der Waals surface area contributed by atoms with Crippen LogP contribution >= 0.6 is 27.7 Å². The minimum Gasteiger partial charge on any atom is -0.507 e. The van der Waals surface area contributed by atoms with Crippen molar-refractivity contribution in [2.45, 2.75) is 17.1 Å². The fourth-order valence-corrected chi connectivity index (χ4v) is 4.32. The number of phenolic OH excluding ortho intramolecular Hbond substituents is 1. The maximum absolute atomic E-state index is 10.4. The highest BCUT2D eigenvalue weighted by atomic mass is 79.9. The van der Waals surface area contributed by atoms with Crippen LogP contribution in [0, 0.1) is 0 Å². The highest BCUT2D eigenvalue weighted by molar-refractivity contribution is 9.10. The molecular formula is C23H22BrN2OS+. The molecule has 0 amide bonds. The van der Waals surface area contributed by atoms with Crippen molar-refractivity contribution in [1.29, 1.82) is 0 Å². The molecule has 0 bridgehead atoms. The Morgan fingerprint density at radius 3 is 2.50 bits per heavy atom. The molecule has 1 aliphatic rings. The second-order valence-electron chi connectivity index (χ2n) is 6.76. The first-order valence-corrected chi connectivity index (χ1v) is 11.2. The lowest BCUT2D eigenvalue weighted by molar-refractivity contribution is -0.731. The van der Waals surface area contributed by atoms with Gasteiger partial charge in [-0.2, -0.15) is 0 Å². The monoisotopic (exact) mass is 453 g/mol. The molecule has 2 unspecified atom stereocenters. The SMILES string of the molecule is CSc1ccc(C2NC(c3cccc(Br)c3)=CC(c3ccccc3O)[NH2+]2)cc1. The average molecular weight is 454 g/mol. The van der Waals surface area contributed by atoms with Gasteiger partial charge < -0.3 is 15.7 Å². The number of phenols is 1. The van der Waals surface area contributed by atoms with Crippen LogP contribution < -0.4 is 10.6 Å². The largest absolute Gasteiger partial charge is 0.507 e. The van der Waals surface area contributed by atoms with Gasteiger partial charge in [0.2, 0.25) is 0 Å². The Labute approximate surface area is 178 Å². The first kappa shape index (κ1) is 19.1. The van der Waals surface area contributed by atoms with E-state index in [4.69, 9.17) is 0 Å². The lowest BCUT2D eigenvalue weighted by Crippen LogP contribution is -2.89. The molecule has 0 aliphatic carbocycles. The van der Waals surface area contributed by atoms with E-state index in [-0.39, 0.29) is 12.2 Å². The van der Waals surface area contributed by atoms with Crippen molar-refractivity contribution in [3.05, 3.63) is 100 Å². The van der Waals surface area contributed by atoms with Gasteiger partial charge in [-0.25, -0.2) is 0 Å². The third kappa shape index (κ3) is 4.12. The van der Waals surface area contributed by atoms with Gasteiger partial charge in [-0.1, -0.05) is 40.2 Å². The number of quaternary nitrogens is 1. The molecule has 28 heavy (non-hydrogen) atoms. The molecule has 5 heteroatoms. The number of benzene rings is 3. The molecule has 2 atom stereocenters. The van der Waals surface area contributed by atoms with E-state index in [1.807, 2.05) is 30.3 Å². The predicted octanol–water partition coefficient (Wildman–Crippen LogP) is 4.82. The maximum atomic E-state index is 10.4. The van der Waals surface area contributed by atoms with Gasteiger partial charge in [0.25, 0.3) is 0 Å². The molecule has 0 fully saturated rings. The van der Waals surface area contributed by atoms with Gasteiger partial charge in [-0.3, -0.25) is 0 Å². The van der Waals surface area contributed by atoms with Crippen molar-refractivity contribution < 1.29 is 10.4 Å². The van der Waals surface area contributed by atoms with E-state index in [0.29, 0.717) is 5.75 Å². The number of hydrogen-bond donors (Lipinski definition) is 3. The van der Waals surface area contributed by atoms with Crippen LogP contribution in [0.5, 0.6) is 5.75 Å². The highest BCUT2D eigenvalue weighted by Crippen LogP contribution is 2.30. The number of nitrogens with one attached hydrogen (secondary N) is 1. The summed E-state index contributed by atoms with van der Waals surface area (Å²) in [7, 11) is 0. The Balaban J connectivity index is 1.74. The quantitative estimate of drug-likeness (QED) is 0.496. The van der Waals surface area contributed by atoms with Crippen LogP contribution in [0.25, 0.3) is 5.70 Å². The molecule has 0 saturated heterocycles. The number of halogens is 1. The van der Waals surface area contributed by atoms with Gasteiger partial charge in [0, 0.05) is 26.7 Å². The number of hydrogen-bond acceptors (Lipinski definition) is 3. The van der Waals surface area contributed by atoms with Crippen LogP contribution in [-0.4, -0.2) is 11.4 Å². The van der Waals surface area contributed by atoms with E-state index < -0.39 is 0 Å². The van der Waals surface area contributed by atoms with Crippen LogP contribution in [0.1, 0.15) is 28.9 Å². The summed E-state index contributed by atoms with van der Waals surface area (Å²) < 4.78 is 1.04. The second kappa shape index (κ2) is 8.43. The summed E-state index contributed by atoms with van der Waals surface area (Å²) in [6.45, 7) is 0. The minimum atomic E-state index is 0.0154. The van der Waals surface area contributed by atoms with Crippen molar-refractivity contribution in [2.75, 3.05) is 6.26 Å². The number of aromatic hydroxyl groups is 1. The molecule has 1 heterocycles. The molecular weight excluding hydrogens is 432 g/mol. The van der Waals surface area contributed by atoms with Gasteiger partial charge in [-0.15, -0.1) is 11.8 Å². The van der Waals surface area contributed by atoms with E-state index in [1.54, 1.807) is 17.8 Å². The Kier molecular flexibility index (Phi) is 5.76. The zero-order chi connectivity index (χ0) is 19.5. The molecule has 0 aromatic heterocycles. The smallest absolute Gasteiger partial charge is 0.186 e. The van der Waals surface area contributed by atoms with Gasteiger partial charge in [0.05, 0.1) is 5.56 Å². The van der Waals surface area contributed by atoms with Crippen molar-refractivity contribution in [1.82, 2.24) is 5.32 Å². The predicted molar refractivity (Wildman–Crippen MR) is 119 cm³/mol. The first-order chi connectivity index (χ1) is 13.6. The fourth-order valence-electron chi connectivity index (χ4n) is 3.51. The van der Waals surface area contributed by atoms with Crippen LogP contribution in [0.3, 0.4) is 0 Å². The Hall–Kier alpha value is -2.21. The van der Waals surface area contributed by atoms with E-state index in [1.165, 1.54) is 10.5 Å². The summed E-state index contributed by atoms with van der Waals surface area (Å²) in [5.74, 6) is 0.326. The van der Waals surface area contributed by atoms with Crippen LogP contribution in [-0.2, 0) is 0 Å².